The number of rotatable bonds is 0. The van der Waals surface area contributed by atoms with Gasteiger partial charge in [0.1, 0.15) is 23.0 Å². The number of hydrogen-bond acceptors (Lipinski definition) is 6. The summed E-state index contributed by atoms with van der Waals surface area (Å²) in [7, 11) is 0. The zero-order valence-electron chi connectivity index (χ0n) is 40.1. The van der Waals surface area contributed by atoms with Gasteiger partial charge in [-0.05, 0) is 141 Å². The molecule has 0 radical (unpaired) electrons. The van der Waals surface area contributed by atoms with Crippen LogP contribution in [-0.2, 0) is 26.2 Å². The molecule has 70 heavy (non-hydrogen) atoms. The van der Waals surface area contributed by atoms with Crippen LogP contribution in [0, 0.1) is 0 Å². The van der Waals surface area contributed by atoms with Crippen molar-refractivity contribution < 1.29 is 9.47 Å². The van der Waals surface area contributed by atoms with Gasteiger partial charge >= 0.3 is 0 Å². The smallest absolute Gasteiger partial charge is 0.127 e. The second kappa shape index (κ2) is 21.9. The molecule has 2 fully saturated rings. The fourth-order valence-electron chi connectivity index (χ4n) is 10.6. The predicted molar refractivity (Wildman–Crippen MR) is 287 cm³/mol. The summed E-state index contributed by atoms with van der Waals surface area (Å²) in [5.74, 6) is 3.31. The topological polar surface area (TPSA) is 66.6 Å². The maximum atomic E-state index is 6.30. The molecule has 2 saturated carbocycles. The Hall–Kier alpha value is -6.80. The van der Waals surface area contributed by atoms with Crippen LogP contribution in [0.15, 0.2) is 194 Å². The van der Waals surface area contributed by atoms with Crippen LogP contribution in [0.3, 0.4) is 0 Å². The van der Waals surface area contributed by atoms with Crippen molar-refractivity contribution >= 4 is 0 Å². The molecule has 8 aromatic carbocycles. The van der Waals surface area contributed by atoms with Crippen LogP contribution in [0.2, 0.25) is 0 Å². The molecule has 0 spiro atoms. The van der Waals surface area contributed by atoms with Crippen molar-refractivity contribution in [1.82, 2.24) is 21.3 Å². The van der Waals surface area contributed by atoms with E-state index in [1.807, 2.05) is 0 Å². The lowest BCUT2D eigenvalue weighted by Gasteiger charge is -2.33. The molecule has 0 amide bonds. The summed E-state index contributed by atoms with van der Waals surface area (Å²) < 4.78 is 12.6. The van der Waals surface area contributed by atoms with Crippen LogP contribution in [0.4, 0.5) is 0 Å². The second-order valence-electron chi connectivity index (χ2n) is 19.6. The lowest BCUT2D eigenvalue weighted by molar-refractivity contribution is 0.281. The molecule has 2 aliphatic carbocycles. The Morgan fingerprint density at radius 2 is 0.400 bits per heavy atom. The van der Waals surface area contributed by atoms with E-state index < -0.39 is 0 Å². The number of benzene rings is 8. The van der Waals surface area contributed by atoms with Crippen molar-refractivity contribution in [3.8, 4) is 67.5 Å². The Bertz CT molecular complexity index is 2490. The van der Waals surface area contributed by atoms with Crippen LogP contribution in [0.1, 0.15) is 73.6 Å². The SMILES string of the molecule is c1cc2ccc1CN[C@H]1CCCC[C@@H]1NCc1ccc(cc1)-c1ccc(cc1)Oc1ccc(cc1)-c1ccc(cc1)CN[C@H]1CCCC[C@@H]1NCc1ccc(cc1)-c1ccc(cc1)Oc1ccc-2cc1. The average molecular weight is 921 g/mol. The molecule has 4 atom stereocenters. The van der Waals surface area contributed by atoms with Gasteiger partial charge in [0.15, 0.2) is 0 Å². The summed E-state index contributed by atoms with van der Waals surface area (Å²) >= 11 is 0. The van der Waals surface area contributed by atoms with Crippen molar-refractivity contribution in [2.45, 2.75) is 102 Å². The minimum absolute atomic E-state index is 0.442. The maximum Gasteiger partial charge on any atom is 0.127 e. The minimum atomic E-state index is 0.442. The van der Waals surface area contributed by atoms with Gasteiger partial charge in [0.25, 0.3) is 0 Å². The molecule has 22 heterocycles. The van der Waals surface area contributed by atoms with Crippen molar-refractivity contribution in [2.75, 3.05) is 0 Å². The first-order valence-corrected chi connectivity index (χ1v) is 25.7. The van der Waals surface area contributed by atoms with Crippen molar-refractivity contribution in [3.05, 3.63) is 216 Å². The molecule has 22 aliphatic heterocycles. The van der Waals surface area contributed by atoms with E-state index in [9.17, 15) is 0 Å². The normalized spacial score (nSPS) is 19.9. The van der Waals surface area contributed by atoms with E-state index in [0.717, 1.165) is 49.2 Å². The van der Waals surface area contributed by atoms with Crippen LogP contribution in [-0.4, -0.2) is 24.2 Å². The van der Waals surface area contributed by atoms with Gasteiger partial charge in [-0.2, -0.15) is 0 Å². The molecule has 4 N–H and O–H groups in total. The average Bonchev–Trinajstić information content (AvgIpc) is 3.42. The van der Waals surface area contributed by atoms with E-state index in [1.54, 1.807) is 0 Å². The van der Waals surface area contributed by atoms with Gasteiger partial charge in [-0.3, -0.25) is 0 Å². The summed E-state index contributed by atoms with van der Waals surface area (Å²) in [5, 5.41) is 15.7. The van der Waals surface area contributed by atoms with Gasteiger partial charge in [0.2, 0.25) is 0 Å². The first kappa shape index (κ1) is 45.6. The lowest BCUT2D eigenvalue weighted by Crippen LogP contribution is -2.49. The Morgan fingerprint density at radius 1 is 0.229 bits per heavy atom. The summed E-state index contributed by atoms with van der Waals surface area (Å²) in [4.78, 5) is 0. The minimum Gasteiger partial charge on any atom is -0.457 e. The van der Waals surface area contributed by atoms with Crippen molar-refractivity contribution in [2.24, 2.45) is 0 Å². The fraction of sp³-hybridized carbons (Fsp3) is 0.250. The molecule has 0 aromatic heterocycles. The molecular weight excluding hydrogens is 857 g/mol. The predicted octanol–water partition coefficient (Wildman–Crippen LogP) is 14.6. The number of hydrogen-bond donors (Lipinski definition) is 4. The highest BCUT2D eigenvalue weighted by Gasteiger charge is 2.25. The highest BCUT2D eigenvalue weighted by Crippen LogP contribution is 2.32. The summed E-state index contributed by atoms with van der Waals surface area (Å²) in [6.07, 6.45) is 9.84. The van der Waals surface area contributed by atoms with Gasteiger partial charge in [-0.15, -0.1) is 0 Å². The Labute approximate surface area is 414 Å². The first-order valence-electron chi connectivity index (χ1n) is 25.7. The van der Waals surface area contributed by atoms with Crippen LogP contribution in [0.25, 0.3) is 44.5 Å². The molecule has 6 nitrogen and oxygen atoms in total. The lowest BCUT2D eigenvalue weighted by atomic mass is 9.90. The Kier molecular flexibility index (Phi) is 14.3. The van der Waals surface area contributed by atoms with Gasteiger partial charge in [0, 0.05) is 50.3 Å². The van der Waals surface area contributed by atoms with Gasteiger partial charge in [-0.1, -0.05) is 171 Å². The van der Waals surface area contributed by atoms with E-state index in [0.29, 0.717) is 24.2 Å². The molecule has 8 aromatic rings. The van der Waals surface area contributed by atoms with E-state index in [2.05, 4.69) is 215 Å². The Morgan fingerprint density at radius 3 is 0.586 bits per heavy atom. The van der Waals surface area contributed by atoms with Gasteiger partial charge in [-0.25, -0.2) is 0 Å². The third-order valence-corrected chi connectivity index (χ3v) is 14.8. The highest BCUT2D eigenvalue weighted by atomic mass is 16.5. The fourth-order valence-corrected chi connectivity index (χ4v) is 10.6. The molecule has 0 unspecified atom stereocenters. The summed E-state index contributed by atoms with van der Waals surface area (Å²) in [6, 6.07) is 71.4. The third kappa shape index (κ3) is 11.4. The monoisotopic (exact) mass is 921 g/mol. The standard InChI is InChI=1S/C64H64N4O2/c1-2-6-62-61(5-1)65-41-45-9-17-49(18-10-45)53-25-33-57(34-26-53)69-59-37-29-55(30-38-59)51-21-13-47(14-22-51)43-67-63-7-3-4-8-64(63)68-44-48-15-23-52(24-16-48)56-31-39-60(40-32-56)70-58-35-27-54(28-36-58)50-19-11-46(12-20-50)42-66-62/h9-40,61-68H,1-8,41-44H2/t61-,62-,63-,64-/m0/s1. The summed E-state index contributed by atoms with van der Waals surface area (Å²) in [6.45, 7) is 3.43. The number of nitrogens with one attached hydrogen (secondary N) is 4. The zero-order valence-corrected chi connectivity index (χ0v) is 40.1. The molecule has 352 valence electrons. The van der Waals surface area contributed by atoms with E-state index >= 15 is 0 Å². The maximum absolute atomic E-state index is 6.30. The molecule has 6 heteroatoms. The second-order valence-corrected chi connectivity index (χ2v) is 19.6. The van der Waals surface area contributed by atoms with Gasteiger partial charge in [0.05, 0.1) is 0 Å². The van der Waals surface area contributed by atoms with E-state index in [4.69, 9.17) is 9.47 Å². The quantitative estimate of drug-likeness (QED) is 0.122. The number of ether oxygens (including phenoxy) is 2. The van der Waals surface area contributed by atoms with Crippen LogP contribution < -0.4 is 30.7 Å². The van der Waals surface area contributed by atoms with E-state index in [1.165, 1.54) is 118 Å². The molecule has 32 rings (SSSR count). The first-order chi connectivity index (χ1) is 34.6. The van der Waals surface area contributed by atoms with Crippen LogP contribution >= 0.6 is 0 Å². The highest BCUT2D eigenvalue weighted by molar-refractivity contribution is 5.68. The largest absolute Gasteiger partial charge is 0.457 e. The van der Waals surface area contributed by atoms with Crippen molar-refractivity contribution in [1.29, 1.82) is 0 Å². The molecule has 16 bridgehead atoms. The van der Waals surface area contributed by atoms with Crippen LogP contribution in [0.5, 0.6) is 23.0 Å². The van der Waals surface area contributed by atoms with Gasteiger partial charge < -0.3 is 30.7 Å². The molecule has 24 aliphatic rings. The molecule has 0 saturated heterocycles. The Balaban J connectivity index is 0.777. The molecular formula is C64H64N4O2. The third-order valence-electron chi connectivity index (χ3n) is 14.8. The van der Waals surface area contributed by atoms with Crippen molar-refractivity contribution in [3.63, 3.8) is 0 Å². The zero-order chi connectivity index (χ0) is 46.9. The van der Waals surface area contributed by atoms with E-state index in [-0.39, 0.29) is 0 Å². The summed E-state index contributed by atoms with van der Waals surface area (Å²) in [5.41, 5.74) is 14.7.